The first kappa shape index (κ1) is 22.0. The van der Waals surface area contributed by atoms with Crippen LogP contribution in [0.25, 0.3) is 11.3 Å². The lowest BCUT2D eigenvalue weighted by atomic mass is 10.0. The number of nitrogens with one attached hydrogen (secondary N) is 1. The number of rotatable bonds is 7. The highest BCUT2D eigenvalue weighted by Crippen LogP contribution is 2.31. The molecule has 0 spiro atoms. The summed E-state index contributed by atoms with van der Waals surface area (Å²) in [5.74, 6) is 0.538. The number of carbonyl (C=O) groups excluding carboxylic acids is 1. The van der Waals surface area contributed by atoms with Gasteiger partial charge in [0.15, 0.2) is 0 Å². The summed E-state index contributed by atoms with van der Waals surface area (Å²) in [7, 11) is 3.44. The summed E-state index contributed by atoms with van der Waals surface area (Å²) in [4.78, 5) is 15.7. The van der Waals surface area contributed by atoms with Gasteiger partial charge in [-0.15, -0.1) is 0 Å². The van der Waals surface area contributed by atoms with E-state index in [-0.39, 0.29) is 11.9 Å². The van der Waals surface area contributed by atoms with Gasteiger partial charge in [-0.2, -0.15) is 5.10 Å². The van der Waals surface area contributed by atoms with Crippen molar-refractivity contribution in [2.75, 3.05) is 40.0 Å². The van der Waals surface area contributed by atoms with E-state index in [1.807, 2.05) is 31.3 Å². The summed E-state index contributed by atoms with van der Waals surface area (Å²) in [6.45, 7) is 5.69. The molecule has 7 heteroatoms. The summed E-state index contributed by atoms with van der Waals surface area (Å²) >= 11 is 0. The number of nitrogens with zero attached hydrogens (tertiary/aromatic N) is 3. The largest absolute Gasteiger partial charge is 0.496 e. The highest BCUT2D eigenvalue weighted by molar-refractivity contribution is 6.00. The average molecular weight is 435 g/mol. The van der Waals surface area contributed by atoms with Crippen LogP contribution in [0.1, 0.15) is 27.5 Å². The van der Waals surface area contributed by atoms with Crippen molar-refractivity contribution in [1.82, 2.24) is 20.0 Å². The van der Waals surface area contributed by atoms with Gasteiger partial charge in [-0.05, 0) is 24.6 Å². The number of amides is 1. The fourth-order valence-electron chi connectivity index (χ4n) is 4.20. The number of para-hydroxylation sites is 1. The van der Waals surface area contributed by atoms with Crippen molar-refractivity contribution in [1.29, 1.82) is 0 Å². The number of methoxy groups -OCH3 is 1. The molecule has 32 heavy (non-hydrogen) atoms. The van der Waals surface area contributed by atoms with Crippen LogP contribution in [0.5, 0.6) is 5.75 Å². The molecule has 0 bridgehead atoms. The van der Waals surface area contributed by atoms with Gasteiger partial charge in [0.1, 0.15) is 11.4 Å². The van der Waals surface area contributed by atoms with Gasteiger partial charge in [-0.1, -0.05) is 42.0 Å². The summed E-state index contributed by atoms with van der Waals surface area (Å²) in [5.41, 5.74) is 4.34. The molecular weight excluding hydrogens is 404 g/mol. The van der Waals surface area contributed by atoms with Gasteiger partial charge < -0.3 is 14.8 Å². The summed E-state index contributed by atoms with van der Waals surface area (Å²) in [6.07, 6.45) is 1.76. The van der Waals surface area contributed by atoms with Crippen molar-refractivity contribution in [2.24, 2.45) is 7.05 Å². The maximum Gasteiger partial charge on any atom is 0.255 e. The second kappa shape index (κ2) is 9.97. The molecule has 0 aliphatic carbocycles. The Morgan fingerprint density at radius 3 is 2.72 bits per heavy atom. The van der Waals surface area contributed by atoms with Crippen LogP contribution in [0.4, 0.5) is 0 Å². The SMILES string of the molecule is COc1ccccc1-c1nn(C)cc1C(=O)NCC(c1cccc(C)c1)N1CCOCC1. The monoisotopic (exact) mass is 434 g/mol. The average Bonchev–Trinajstić information content (AvgIpc) is 3.21. The molecule has 0 radical (unpaired) electrons. The number of aromatic nitrogens is 2. The van der Waals surface area contributed by atoms with Gasteiger partial charge in [0, 0.05) is 38.4 Å². The van der Waals surface area contributed by atoms with Crippen molar-refractivity contribution >= 4 is 5.91 Å². The molecule has 168 valence electrons. The lowest BCUT2D eigenvalue weighted by Gasteiger charge is -2.35. The van der Waals surface area contributed by atoms with Crippen LogP contribution in [-0.4, -0.2) is 60.5 Å². The molecule has 1 aromatic heterocycles. The minimum Gasteiger partial charge on any atom is -0.496 e. The zero-order chi connectivity index (χ0) is 22.5. The molecule has 2 aromatic carbocycles. The highest BCUT2D eigenvalue weighted by atomic mass is 16.5. The molecular formula is C25H30N4O3. The third kappa shape index (κ3) is 4.84. The minimum atomic E-state index is -0.148. The highest BCUT2D eigenvalue weighted by Gasteiger charge is 2.25. The van der Waals surface area contributed by atoms with E-state index in [9.17, 15) is 4.79 Å². The summed E-state index contributed by atoms with van der Waals surface area (Å²) < 4.78 is 12.7. The van der Waals surface area contributed by atoms with E-state index >= 15 is 0 Å². The minimum absolute atomic E-state index is 0.0779. The number of ether oxygens (including phenoxy) is 2. The molecule has 0 saturated carbocycles. The lowest BCUT2D eigenvalue weighted by Crippen LogP contribution is -2.43. The Labute approximate surface area is 188 Å². The summed E-state index contributed by atoms with van der Waals surface area (Å²) in [5, 5.41) is 7.71. The number of hydrogen-bond donors (Lipinski definition) is 1. The Kier molecular flexibility index (Phi) is 6.87. The van der Waals surface area contributed by atoms with Crippen molar-refractivity contribution in [3.05, 3.63) is 71.4 Å². The molecule has 7 nitrogen and oxygen atoms in total. The Morgan fingerprint density at radius 1 is 1.19 bits per heavy atom. The second-order valence-electron chi connectivity index (χ2n) is 8.05. The van der Waals surface area contributed by atoms with E-state index in [1.165, 1.54) is 11.1 Å². The molecule has 1 N–H and O–H groups in total. The number of hydrogen-bond acceptors (Lipinski definition) is 5. The van der Waals surface area contributed by atoms with E-state index in [2.05, 4.69) is 46.5 Å². The fraction of sp³-hybridized carbons (Fsp3) is 0.360. The van der Waals surface area contributed by atoms with Crippen molar-refractivity contribution in [2.45, 2.75) is 13.0 Å². The predicted octanol–water partition coefficient (Wildman–Crippen LogP) is 3.21. The predicted molar refractivity (Wildman–Crippen MR) is 124 cm³/mol. The van der Waals surface area contributed by atoms with Crippen molar-refractivity contribution in [3.63, 3.8) is 0 Å². The molecule has 1 amide bonds. The number of morpholine rings is 1. The maximum atomic E-state index is 13.3. The maximum absolute atomic E-state index is 13.3. The van der Waals surface area contributed by atoms with Gasteiger partial charge in [-0.25, -0.2) is 0 Å². The molecule has 1 atom stereocenters. The van der Waals surface area contributed by atoms with Crippen molar-refractivity contribution in [3.8, 4) is 17.0 Å². The second-order valence-corrected chi connectivity index (χ2v) is 8.05. The quantitative estimate of drug-likeness (QED) is 0.619. The lowest BCUT2D eigenvalue weighted by molar-refractivity contribution is 0.0162. The van der Waals surface area contributed by atoms with Gasteiger partial charge in [0.2, 0.25) is 0 Å². The van der Waals surface area contributed by atoms with Gasteiger partial charge in [0.05, 0.1) is 31.9 Å². The molecule has 3 aromatic rings. The number of aryl methyl sites for hydroxylation is 2. The van der Waals surface area contributed by atoms with Crippen LogP contribution in [0.15, 0.2) is 54.7 Å². The molecule has 4 rings (SSSR count). The third-order valence-corrected chi connectivity index (χ3v) is 5.80. The van der Waals surface area contributed by atoms with E-state index in [1.54, 1.807) is 18.0 Å². The van der Waals surface area contributed by atoms with Gasteiger partial charge in [-0.3, -0.25) is 14.4 Å². The molecule has 2 heterocycles. The fourth-order valence-corrected chi connectivity index (χ4v) is 4.20. The zero-order valence-electron chi connectivity index (χ0n) is 18.9. The molecule has 1 aliphatic heterocycles. The number of carbonyl (C=O) groups is 1. The molecule has 1 fully saturated rings. The topological polar surface area (TPSA) is 68.6 Å². The number of benzene rings is 2. The van der Waals surface area contributed by atoms with Crippen molar-refractivity contribution < 1.29 is 14.3 Å². The summed E-state index contributed by atoms with van der Waals surface area (Å²) in [6, 6.07) is 16.2. The van der Waals surface area contributed by atoms with Crippen LogP contribution >= 0.6 is 0 Å². The van der Waals surface area contributed by atoms with Crippen LogP contribution < -0.4 is 10.1 Å². The standard InChI is InChI=1S/C25H30N4O3/c1-18-7-6-8-19(15-18)22(29-11-13-32-14-12-29)16-26-25(30)21-17-28(2)27-24(21)20-9-4-5-10-23(20)31-3/h4-10,15,17,22H,11-14,16H2,1-3H3,(H,26,30). The van der Waals surface area contributed by atoms with E-state index in [0.717, 1.165) is 18.7 Å². The molecule has 1 aliphatic rings. The third-order valence-electron chi connectivity index (χ3n) is 5.80. The smallest absolute Gasteiger partial charge is 0.255 e. The van der Waals surface area contributed by atoms with E-state index in [4.69, 9.17) is 9.47 Å². The first-order valence-electron chi connectivity index (χ1n) is 10.9. The molecule has 1 unspecified atom stereocenters. The Bertz CT molecular complexity index is 1070. The first-order valence-corrected chi connectivity index (χ1v) is 10.9. The van der Waals surface area contributed by atoms with Crippen LogP contribution in [0, 0.1) is 6.92 Å². The normalized spacial score (nSPS) is 15.3. The van der Waals surface area contributed by atoms with Crippen LogP contribution in [0.3, 0.4) is 0 Å². The first-order chi connectivity index (χ1) is 15.6. The Balaban J connectivity index is 1.58. The van der Waals surface area contributed by atoms with Crippen LogP contribution in [-0.2, 0) is 11.8 Å². The van der Waals surface area contributed by atoms with Crippen LogP contribution in [0.2, 0.25) is 0 Å². The zero-order valence-corrected chi connectivity index (χ0v) is 18.9. The molecule has 1 saturated heterocycles. The Morgan fingerprint density at radius 2 is 1.97 bits per heavy atom. The van der Waals surface area contributed by atoms with E-state index < -0.39 is 0 Å². The van der Waals surface area contributed by atoms with Gasteiger partial charge in [0.25, 0.3) is 5.91 Å². The van der Waals surface area contributed by atoms with E-state index in [0.29, 0.717) is 36.8 Å². The van der Waals surface area contributed by atoms with Gasteiger partial charge >= 0.3 is 0 Å². The Hall–Kier alpha value is -3.16.